The summed E-state index contributed by atoms with van der Waals surface area (Å²) in [4.78, 5) is 12.3. The molecule has 0 unspecified atom stereocenters. The summed E-state index contributed by atoms with van der Waals surface area (Å²) in [5.74, 6) is -0.0369. The van der Waals surface area contributed by atoms with Crippen molar-refractivity contribution >= 4 is 17.2 Å². The van der Waals surface area contributed by atoms with Gasteiger partial charge in [0.15, 0.2) is 0 Å². The van der Waals surface area contributed by atoms with Gasteiger partial charge >= 0.3 is 0 Å². The van der Waals surface area contributed by atoms with Crippen LogP contribution in [0.25, 0.3) is 0 Å². The third kappa shape index (κ3) is 2.67. The summed E-state index contributed by atoms with van der Waals surface area (Å²) in [6, 6.07) is 13.4. The number of rotatable bonds is 3. The van der Waals surface area contributed by atoms with Crippen molar-refractivity contribution in [2.45, 2.75) is 6.54 Å². The van der Waals surface area contributed by atoms with Crippen LogP contribution in [0.5, 0.6) is 0 Å². The van der Waals surface area contributed by atoms with E-state index < -0.39 is 0 Å². The summed E-state index contributed by atoms with van der Waals surface area (Å²) in [7, 11) is 0. The van der Waals surface area contributed by atoms with Crippen molar-refractivity contribution in [2.24, 2.45) is 0 Å². The molecule has 1 heterocycles. The molecule has 75 valence electrons. The quantitative estimate of drug-likeness (QED) is 0.839. The van der Waals surface area contributed by atoms with Crippen molar-refractivity contribution in [1.29, 1.82) is 0 Å². The van der Waals surface area contributed by atoms with Crippen molar-refractivity contribution in [3.63, 3.8) is 0 Å². The topological polar surface area (TPSA) is 29.1 Å². The summed E-state index contributed by atoms with van der Waals surface area (Å²) in [5.41, 5.74) is 1.10. The number of hydrogen-bond donors (Lipinski definition) is 1. The van der Waals surface area contributed by atoms with E-state index in [1.54, 1.807) is 12.1 Å². The van der Waals surface area contributed by atoms with Crippen LogP contribution >= 0.6 is 11.3 Å². The Hall–Kier alpha value is -1.61. The molecule has 15 heavy (non-hydrogen) atoms. The van der Waals surface area contributed by atoms with Crippen LogP contribution in [-0.2, 0) is 6.54 Å². The summed E-state index contributed by atoms with van der Waals surface area (Å²) in [6.07, 6.45) is 0. The lowest BCUT2D eigenvalue weighted by molar-refractivity contribution is 0.0955. The van der Waals surface area contributed by atoms with Crippen molar-refractivity contribution in [1.82, 2.24) is 5.32 Å². The van der Waals surface area contributed by atoms with E-state index in [0.717, 1.165) is 5.56 Å². The molecule has 0 atom stereocenters. The average Bonchev–Trinajstić information content (AvgIpc) is 2.81. The fraction of sp³-hybridized carbons (Fsp3) is 0.0833. The Morgan fingerprint density at radius 1 is 1.27 bits per heavy atom. The van der Waals surface area contributed by atoms with Crippen LogP contribution in [0.4, 0.5) is 0 Å². The molecule has 2 rings (SSSR count). The summed E-state index contributed by atoms with van der Waals surface area (Å²) >= 11 is 1.33. The normalized spacial score (nSPS) is 9.87. The number of carbonyl (C=O) groups is 1. The van der Waals surface area contributed by atoms with E-state index in [1.807, 2.05) is 30.3 Å². The summed E-state index contributed by atoms with van der Waals surface area (Å²) in [5, 5.41) is 5.74. The van der Waals surface area contributed by atoms with Crippen LogP contribution in [0, 0.1) is 5.38 Å². The molecular formula is C12H10NOS. The van der Waals surface area contributed by atoms with Gasteiger partial charge in [-0.15, -0.1) is 11.3 Å². The standard InChI is InChI=1S/C12H10NOS/c14-12(11-7-4-8-15-11)13-9-10-5-2-1-3-6-10/h1-7H,9H2,(H,13,14). The molecule has 0 bridgehead atoms. The number of benzene rings is 1. The van der Waals surface area contributed by atoms with E-state index in [9.17, 15) is 4.79 Å². The first kappa shape index (κ1) is 9.93. The molecule has 0 fully saturated rings. The highest BCUT2D eigenvalue weighted by Crippen LogP contribution is 2.07. The molecule has 0 saturated carbocycles. The van der Waals surface area contributed by atoms with Crippen molar-refractivity contribution in [2.75, 3.05) is 0 Å². The monoisotopic (exact) mass is 216 g/mol. The molecule has 0 aliphatic carbocycles. The molecule has 2 aromatic rings. The van der Waals surface area contributed by atoms with Gasteiger partial charge in [0.2, 0.25) is 0 Å². The van der Waals surface area contributed by atoms with Gasteiger partial charge in [-0.2, -0.15) is 0 Å². The molecule has 1 amide bonds. The van der Waals surface area contributed by atoms with Gasteiger partial charge in [0.25, 0.3) is 5.91 Å². The number of nitrogens with one attached hydrogen (secondary N) is 1. The molecule has 1 radical (unpaired) electrons. The first-order valence-corrected chi connectivity index (χ1v) is 5.46. The van der Waals surface area contributed by atoms with Crippen LogP contribution < -0.4 is 5.32 Å². The second-order valence-electron chi connectivity index (χ2n) is 3.09. The van der Waals surface area contributed by atoms with E-state index >= 15 is 0 Å². The largest absolute Gasteiger partial charge is 0.347 e. The molecule has 0 aliphatic heterocycles. The molecule has 3 heteroatoms. The molecule has 1 aromatic carbocycles. The van der Waals surface area contributed by atoms with Crippen LogP contribution in [-0.4, -0.2) is 5.91 Å². The van der Waals surface area contributed by atoms with Crippen molar-refractivity contribution in [3.8, 4) is 0 Å². The van der Waals surface area contributed by atoms with Crippen LogP contribution in [0.1, 0.15) is 15.2 Å². The van der Waals surface area contributed by atoms with Gasteiger partial charge in [-0.05, 0) is 17.7 Å². The predicted molar refractivity (Wildman–Crippen MR) is 60.8 cm³/mol. The Bertz CT molecular complexity index is 422. The minimum Gasteiger partial charge on any atom is -0.347 e. The maximum atomic E-state index is 11.6. The van der Waals surface area contributed by atoms with E-state index in [4.69, 9.17) is 0 Å². The smallest absolute Gasteiger partial charge is 0.261 e. The van der Waals surface area contributed by atoms with Crippen LogP contribution in [0.15, 0.2) is 42.5 Å². The van der Waals surface area contributed by atoms with Gasteiger partial charge in [0.05, 0.1) is 4.88 Å². The molecule has 0 saturated heterocycles. The molecular weight excluding hydrogens is 206 g/mol. The van der Waals surface area contributed by atoms with E-state index in [1.165, 1.54) is 11.3 Å². The fourth-order valence-corrected chi connectivity index (χ4v) is 1.79. The fourth-order valence-electron chi connectivity index (χ4n) is 1.23. The zero-order valence-electron chi connectivity index (χ0n) is 8.07. The van der Waals surface area contributed by atoms with Crippen LogP contribution in [0.2, 0.25) is 0 Å². The second-order valence-corrected chi connectivity index (χ2v) is 3.97. The Kier molecular flexibility index (Phi) is 3.15. The van der Waals surface area contributed by atoms with Gasteiger partial charge in [0, 0.05) is 11.9 Å². The molecule has 0 aliphatic rings. The Morgan fingerprint density at radius 3 is 2.73 bits per heavy atom. The Labute approximate surface area is 92.6 Å². The van der Waals surface area contributed by atoms with Gasteiger partial charge in [0.1, 0.15) is 0 Å². The lowest BCUT2D eigenvalue weighted by Crippen LogP contribution is -2.21. The molecule has 2 nitrogen and oxygen atoms in total. The highest BCUT2D eigenvalue weighted by Gasteiger charge is 2.04. The van der Waals surface area contributed by atoms with Crippen LogP contribution in [0.3, 0.4) is 0 Å². The predicted octanol–water partition coefficient (Wildman–Crippen LogP) is 2.48. The maximum Gasteiger partial charge on any atom is 0.261 e. The highest BCUT2D eigenvalue weighted by molar-refractivity contribution is 7.11. The molecule has 1 aromatic heterocycles. The maximum absolute atomic E-state index is 11.6. The lowest BCUT2D eigenvalue weighted by atomic mass is 10.2. The minimum atomic E-state index is -0.0369. The SMILES string of the molecule is O=C(NCc1ccccc1)c1cc[c]s1. The molecule has 0 spiro atoms. The summed E-state index contributed by atoms with van der Waals surface area (Å²) in [6.45, 7) is 0.567. The number of thiophene rings is 1. The average molecular weight is 216 g/mol. The number of carbonyl (C=O) groups excluding carboxylic acids is 1. The van der Waals surface area contributed by atoms with Crippen molar-refractivity contribution < 1.29 is 4.79 Å². The third-order valence-electron chi connectivity index (χ3n) is 1.99. The van der Waals surface area contributed by atoms with Gasteiger partial charge in [-0.1, -0.05) is 30.3 Å². The third-order valence-corrected chi connectivity index (χ3v) is 2.79. The zero-order chi connectivity index (χ0) is 10.5. The van der Waals surface area contributed by atoms with E-state index in [2.05, 4.69) is 10.7 Å². The Morgan fingerprint density at radius 2 is 2.07 bits per heavy atom. The van der Waals surface area contributed by atoms with Gasteiger partial charge in [-0.3, -0.25) is 4.79 Å². The van der Waals surface area contributed by atoms with E-state index in [0.29, 0.717) is 11.4 Å². The van der Waals surface area contributed by atoms with Crippen molar-refractivity contribution in [3.05, 3.63) is 58.3 Å². The first-order chi connectivity index (χ1) is 7.36. The Balaban J connectivity index is 1.92. The second kappa shape index (κ2) is 4.75. The van der Waals surface area contributed by atoms with Gasteiger partial charge in [-0.25, -0.2) is 0 Å². The first-order valence-electron chi connectivity index (χ1n) is 4.64. The van der Waals surface area contributed by atoms with Gasteiger partial charge < -0.3 is 5.32 Å². The molecule has 1 N–H and O–H groups in total. The number of amides is 1. The lowest BCUT2D eigenvalue weighted by Gasteiger charge is -2.02. The summed E-state index contributed by atoms with van der Waals surface area (Å²) < 4.78 is 0. The zero-order valence-corrected chi connectivity index (χ0v) is 8.88. The highest BCUT2D eigenvalue weighted by atomic mass is 32.1. The minimum absolute atomic E-state index is 0.0369. The number of hydrogen-bond acceptors (Lipinski definition) is 2. The van der Waals surface area contributed by atoms with E-state index in [-0.39, 0.29) is 5.91 Å².